The molecule has 0 bridgehead atoms. The summed E-state index contributed by atoms with van der Waals surface area (Å²) >= 11 is 5.93. The molecule has 6 nitrogen and oxygen atoms in total. The van der Waals surface area contributed by atoms with Gasteiger partial charge in [0.25, 0.3) is 5.91 Å². The first-order valence-corrected chi connectivity index (χ1v) is 6.73. The molecule has 7 heteroatoms. The smallest absolute Gasteiger partial charge is 0.323 e. The number of aryl methyl sites for hydroxylation is 1. The van der Waals surface area contributed by atoms with Gasteiger partial charge in [0.2, 0.25) is 0 Å². The zero-order valence-electron chi connectivity index (χ0n) is 11.6. The van der Waals surface area contributed by atoms with Crippen molar-refractivity contribution in [3.05, 3.63) is 23.0 Å². The van der Waals surface area contributed by atoms with E-state index in [2.05, 4.69) is 0 Å². The maximum absolute atomic E-state index is 12.4. The van der Waals surface area contributed by atoms with Crippen LogP contribution in [0.3, 0.4) is 0 Å². The Morgan fingerprint density at radius 2 is 2.20 bits per heavy atom. The number of nitrogens with zero attached hydrogens (tertiary/aromatic N) is 2. The average Bonchev–Trinajstić information content (AvgIpc) is 2.74. The molecule has 1 rings (SSSR count). The minimum Gasteiger partial charge on any atom is -0.480 e. The minimum absolute atomic E-state index is 0.219. The van der Waals surface area contributed by atoms with Crippen LogP contribution in [0.4, 0.5) is 0 Å². The number of methoxy groups -OCH3 is 1. The van der Waals surface area contributed by atoms with Crippen LogP contribution in [0.5, 0.6) is 0 Å². The SMILES string of the molecule is CCCn1cc(Cl)cc1C(=O)N(CCOC)CC(=O)O. The van der Waals surface area contributed by atoms with Gasteiger partial charge in [0.15, 0.2) is 0 Å². The number of carboxylic acid groups (broad SMARTS) is 1. The molecule has 20 heavy (non-hydrogen) atoms. The molecule has 0 aliphatic carbocycles. The van der Waals surface area contributed by atoms with Crippen molar-refractivity contribution in [3.8, 4) is 0 Å². The van der Waals surface area contributed by atoms with E-state index in [0.29, 0.717) is 17.3 Å². The van der Waals surface area contributed by atoms with E-state index in [1.165, 1.54) is 12.0 Å². The molecule has 0 spiro atoms. The van der Waals surface area contributed by atoms with E-state index < -0.39 is 5.97 Å². The number of hydrogen-bond donors (Lipinski definition) is 1. The van der Waals surface area contributed by atoms with Crippen molar-refractivity contribution in [3.63, 3.8) is 0 Å². The molecular formula is C13H19ClN2O4. The normalized spacial score (nSPS) is 10.6. The molecule has 0 saturated heterocycles. The summed E-state index contributed by atoms with van der Waals surface area (Å²) in [6, 6.07) is 1.56. The van der Waals surface area contributed by atoms with E-state index in [0.717, 1.165) is 6.42 Å². The third-order valence-corrected chi connectivity index (χ3v) is 2.93. The predicted octanol–water partition coefficient (Wildman–Crippen LogP) is 1.72. The molecule has 0 aromatic carbocycles. The number of halogens is 1. The van der Waals surface area contributed by atoms with Gasteiger partial charge in [0.1, 0.15) is 12.2 Å². The third-order valence-electron chi connectivity index (χ3n) is 2.73. The number of carbonyl (C=O) groups is 2. The van der Waals surface area contributed by atoms with Crippen LogP contribution in [0.2, 0.25) is 5.02 Å². The third kappa shape index (κ3) is 4.54. The Morgan fingerprint density at radius 3 is 2.75 bits per heavy atom. The van der Waals surface area contributed by atoms with E-state index in [1.807, 2.05) is 6.92 Å². The molecule has 0 atom stereocenters. The predicted molar refractivity (Wildman–Crippen MR) is 75.1 cm³/mol. The Morgan fingerprint density at radius 1 is 1.50 bits per heavy atom. The van der Waals surface area contributed by atoms with Crippen LogP contribution in [-0.2, 0) is 16.1 Å². The van der Waals surface area contributed by atoms with Crippen molar-refractivity contribution in [1.82, 2.24) is 9.47 Å². The second-order valence-corrected chi connectivity index (χ2v) is 4.79. The van der Waals surface area contributed by atoms with Crippen LogP contribution in [0.15, 0.2) is 12.3 Å². The summed E-state index contributed by atoms with van der Waals surface area (Å²) in [5.74, 6) is -1.42. The van der Waals surface area contributed by atoms with Gasteiger partial charge in [-0.3, -0.25) is 9.59 Å². The number of rotatable bonds is 8. The number of aliphatic carboxylic acids is 1. The topological polar surface area (TPSA) is 71.8 Å². The lowest BCUT2D eigenvalue weighted by atomic mass is 10.3. The Labute approximate surface area is 122 Å². The van der Waals surface area contributed by atoms with Gasteiger partial charge in [0.05, 0.1) is 11.6 Å². The van der Waals surface area contributed by atoms with Crippen molar-refractivity contribution in [2.24, 2.45) is 0 Å². The highest BCUT2D eigenvalue weighted by atomic mass is 35.5. The van der Waals surface area contributed by atoms with E-state index in [1.54, 1.807) is 16.8 Å². The van der Waals surface area contributed by atoms with Gasteiger partial charge in [-0.05, 0) is 12.5 Å². The number of amides is 1. The van der Waals surface area contributed by atoms with Crippen LogP contribution >= 0.6 is 11.6 Å². The standard InChI is InChI=1S/C13H19ClN2O4/c1-3-4-15-8-10(14)7-11(15)13(19)16(5-6-20-2)9-12(17)18/h7-8H,3-6,9H2,1-2H3,(H,17,18). The average molecular weight is 303 g/mol. The summed E-state index contributed by atoms with van der Waals surface area (Å²) in [5.41, 5.74) is 0.397. The maximum Gasteiger partial charge on any atom is 0.323 e. The Balaban J connectivity index is 2.95. The lowest BCUT2D eigenvalue weighted by Crippen LogP contribution is -2.38. The van der Waals surface area contributed by atoms with Crippen molar-refractivity contribution in [1.29, 1.82) is 0 Å². The highest BCUT2D eigenvalue weighted by Crippen LogP contribution is 2.16. The summed E-state index contributed by atoms with van der Waals surface area (Å²) < 4.78 is 6.65. The van der Waals surface area contributed by atoms with E-state index in [-0.39, 0.29) is 25.6 Å². The molecule has 1 heterocycles. The number of hydrogen-bond acceptors (Lipinski definition) is 3. The molecule has 1 aromatic heterocycles. The highest BCUT2D eigenvalue weighted by molar-refractivity contribution is 6.31. The lowest BCUT2D eigenvalue weighted by molar-refractivity contribution is -0.137. The van der Waals surface area contributed by atoms with Gasteiger partial charge in [-0.1, -0.05) is 18.5 Å². The lowest BCUT2D eigenvalue weighted by Gasteiger charge is -2.21. The van der Waals surface area contributed by atoms with E-state index in [9.17, 15) is 9.59 Å². The van der Waals surface area contributed by atoms with Crippen LogP contribution < -0.4 is 0 Å². The largest absolute Gasteiger partial charge is 0.480 e. The van der Waals surface area contributed by atoms with Gasteiger partial charge >= 0.3 is 5.97 Å². The number of aromatic nitrogens is 1. The molecule has 0 fully saturated rings. The summed E-state index contributed by atoms with van der Waals surface area (Å²) in [6.45, 7) is 2.77. The minimum atomic E-state index is -1.06. The molecular weight excluding hydrogens is 284 g/mol. The fourth-order valence-electron chi connectivity index (χ4n) is 1.86. The zero-order chi connectivity index (χ0) is 15.1. The van der Waals surface area contributed by atoms with E-state index in [4.69, 9.17) is 21.4 Å². The zero-order valence-corrected chi connectivity index (χ0v) is 12.4. The molecule has 0 radical (unpaired) electrons. The van der Waals surface area contributed by atoms with Crippen LogP contribution in [0.1, 0.15) is 23.8 Å². The summed E-state index contributed by atoms with van der Waals surface area (Å²) in [6.07, 6.45) is 2.52. The molecule has 1 aromatic rings. The van der Waals surface area contributed by atoms with Gasteiger partial charge < -0.3 is 19.3 Å². The van der Waals surface area contributed by atoms with E-state index >= 15 is 0 Å². The van der Waals surface area contributed by atoms with Crippen molar-refractivity contribution >= 4 is 23.5 Å². The fourth-order valence-corrected chi connectivity index (χ4v) is 2.08. The Kier molecular flexibility index (Phi) is 6.54. The van der Waals surface area contributed by atoms with Crippen LogP contribution in [0, 0.1) is 0 Å². The molecule has 1 N–H and O–H groups in total. The maximum atomic E-state index is 12.4. The number of carboxylic acids is 1. The molecule has 112 valence electrons. The second-order valence-electron chi connectivity index (χ2n) is 4.35. The number of ether oxygens (including phenoxy) is 1. The molecule has 0 unspecified atom stereocenters. The van der Waals surface area contributed by atoms with Crippen LogP contribution in [-0.4, -0.2) is 53.3 Å². The van der Waals surface area contributed by atoms with Crippen molar-refractivity contribution in [2.45, 2.75) is 19.9 Å². The van der Waals surface area contributed by atoms with Gasteiger partial charge in [-0.25, -0.2) is 0 Å². The summed E-state index contributed by atoms with van der Waals surface area (Å²) in [5, 5.41) is 9.35. The molecule has 0 saturated carbocycles. The first-order valence-electron chi connectivity index (χ1n) is 6.35. The molecule has 1 amide bonds. The highest BCUT2D eigenvalue weighted by Gasteiger charge is 2.21. The summed E-state index contributed by atoms with van der Waals surface area (Å²) in [4.78, 5) is 24.5. The molecule has 0 aliphatic rings. The number of carbonyl (C=O) groups excluding carboxylic acids is 1. The first kappa shape index (κ1) is 16.5. The van der Waals surface area contributed by atoms with Gasteiger partial charge in [-0.15, -0.1) is 0 Å². The first-order chi connectivity index (χ1) is 9.49. The monoisotopic (exact) mass is 302 g/mol. The second kappa shape index (κ2) is 7.91. The van der Waals surface area contributed by atoms with Crippen molar-refractivity contribution < 1.29 is 19.4 Å². The Bertz CT molecular complexity index is 473. The van der Waals surface area contributed by atoms with Gasteiger partial charge in [-0.2, -0.15) is 0 Å². The Hall–Kier alpha value is -1.53. The fraction of sp³-hybridized carbons (Fsp3) is 0.538. The van der Waals surface area contributed by atoms with Crippen molar-refractivity contribution in [2.75, 3.05) is 26.8 Å². The van der Waals surface area contributed by atoms with Crippen LogP contribution in [0.25, 0.3) is 0 Å². The quantitative estimate of drug-likeness (QED) is 0.794. The summed E-state index contributed by atoms with van der Waals surface area (Å²) in [7, 11) is 1.50. The van der Waals surface area contributed by atoms with Gasteiger partial charge in [0, 0.05) is 26.4 Å². The molecule has 0 aliphatic heterocycles.